The summed E-state index contributed by atoms with van der Waals surface area (Å²) in [5, 5.41) is 2.31. The van der Waals surface area contributed by atoms with Gasteiger partial charge in [-0.1, -0.05) is 12.1 Å². The largest absolute Gasteiger partial charge is 0.497 e. The van der Waals surface area contributed by atoms with Gasteiger partial charge in [-0.05, 0) is 24.3 Å². The molecule has 0 radical (unpaired) electrons. The predicted molar refractivity (Wildman–Crippen MR) is 100 cm³/mol. The lowest BCUT2D eigenvalue weighted by molar-refractivity contribution is -0.137. The van der Waals surface area contributed by atoms with E-state index in [1.807, 2.05) is 0 Å². The van der Waals surface area contributed by atoms with Gasteiger partial charge in [-0.15, -0.1) is 0 Å². The first-order valence-corrected chi connectivity index (χ1v) is 8.74. The van der Waals surface area contributed by atoms with Gasteiger partial charge in [0.25, 0.3) is 0 Å². The van der Waals surface area contributed by atoms with Crippen molar-refractivity contribution >= 4 is 23.2 Å². The molecule has 0 aromatic heterocycles. The van der Waals surface area contributed by atoms with Gasteiger partial charge in [-0.2, -0.15) is 13.2 Å². The van der Waals surface area contributed by atoms with Crippen LogP contribution < -0.4 is 19.7 Å². The highest BCUT2D eigenvalue weighted by Gasteiger charge is 2.38. The lowest BCUT2D eigenvalue weighted by Crippen LogP contribution is -2.29. The Morgan fingerprint density at radius 1 is 1.14 bits per heavy atom. The second-order valence-electron chi connectivity index (χ2n) is 6.48. The van der Waals surface area contributed by atoms with E-state index in [0.29, 0.717) is 17.2 Å². The number of carbonyl (C=O) groups excluding carboxylic acids is 2. The molecule has 1 N–H and O–H groups in total. The first kappa shape index (κ1) is 20.5. The molecule has 1 heterocycles. The second kappa shape index (κ2) is 8.02. The number of rotatable bonds is 5. The van der Waals surface area contributed by atoms with Crippen molar-refractivity contribution in [1.29, 1.82) is 0 Å². The Morgan fingerprint density at radius 3 is 2.52 bits per heavy atom. The van der Waals surface area contributed by atoms with Crippen LogP contribution >= 0.6 is 0 Å². The van der Waals surface area contributed by atoms with Gasteiger partial charge >= 0.3 is 6.18 Å². The van der Waals surface area contributed by atoms with Crippen molar-refractivity contribution in [2.24, 2.45) is 5.92 Å². The fraction of sp³-hybridized carbons (Fsp3) is 0.300. The average Bonchev–Trinajstić information content (AvgIpc) is 3.08. The van der Waals surface area contributed by atoms with Crippen LogP contribution in [-0.2, 0) is 15.8 Å². The summed E-state index contributed by atoms with van der Waals surface area (Å²) in [5.41, 5.74) is -0.812. The SMILES string of the molecule is COc1ccc(N2C[C@@H](C(=O)Nc3ccccc3C(F)(F)F)CC2=O)c(OC)c1. The molecular formula is C20H19F3N2O4. The van der Waals surface area contributed by atoms with Gasteiger partial charge in [0, 0.05) is 19.0 Å². The topological polar surface area (TPSA) is 67.9 Å². The number of nitrogens with zero attached hydrogens (tertiary/aromatic N) is 1. The van der Waals surface area contributed by atoms with Gasteiger partial charge in [0.15, 0.2) is 0 Å². The highest BCUT2D eigenvalue weighted by molar-refractivity contribution is 6.04. The van der Waals surface area contributed by atoms with Gasteiger partial charge in [-0.25, -0.2) is 0 Å². The molecule has 3 rings (SSSR count). The summed E-state index contributed by atoms with van der Waals surface area (Å²) in [6.07, 6.45) is -4.72. The summed E-state index contributed by atoms with van der Waals surface area (Å²) in [6, 6.07) is 9.61. The van der Waals surface area contributed by atoms with E-state index >= 15 is 0 Å². The van der Waals surface area contributed by atoms with Crippen LogP contribution in [0.1, 0.15) is 12.0 Å². The first-order valence-electron chi connectivity index (χ1n) is 8.74. The normalized spacial score (nSPS) is 16.7. The fourth-order valence-electron chi connectivity index (χ4n) is 3.20. The smallest absolute Gasteiger partial charge is 0.418 e. The monoisotopic (exact) mass is 408 g/mol. The van der Waals surface area contributed by atoms with E-state index in [0.717, 1.165) is 6.07 Å². The maximum atomic E-state index is 13.1. The molecule has 1 aliphatic rings. The summed E-state index contributed by atoms with van der Waals surface area (Å²) >= 11 is 0. The molecule has 0 bridgehead atoms. The molecule has 154 valence electrons. The molecule has 6 nitrogen and oxygen atoms in total. The fourth-order valence-corrected chi connectivity index (χ4v) is 3.20. The minimum Gasteiger partial charge on any atom is -0.497 e. The third kappa shape index (κ3) is 4.28. The minimum atomic E-state index is -4.60. The number of hydrogen-bond donors (Lipinski definition) is 1. The summed E-state index contributed by atoms with van der Waals surface area (Å²) in [5.74, 6) is -0.838. The zero-order valence-electron chi connectivity index (χ0n) is 15.7. The van der Waals surface area contributed by atoms with Crippen molar-refractivity contribution < 1.29 is 32.2 Å². The van der Waals surface area contributed by atoms with Crippen molar-refractivity contribution in [1.82, 2.24) is 0 Å². The number of carbonyl (C=O) groups is 2. The lowest BCUT2D eigenvalue weighted by atomic mass is 10.1. The van der Waals surface area contributed by atoms with Crippen LogP contribution in [0.4, 0.5) is 24.5 Å². The van der Waals surface area contributed by atoms with Crippen LogP contribution in [0.5, 0.6) is 11.5 Å². The van der Waals surface area contributed by atoms with Gasteiger partial charge in [0.05, 0.1) is 37.1 Å². The molecule has 1 fully saturated rings. The summed E-state index contributed by atoms with van der Waals surface area (Å²) in [7, 11) is 2.94. The molecule has 2 aromatic carbocycles. The van der Waals surface area contributed by atoms with Crippen LogP contribution in [0.3, 0.4) is 0 Å². The number of methoxy groups -OCH3 is 2. The number of hydrogen-bond acceptors (Lipinski definition) is 4. The average molecular weight is 408 g/mol. The number of amides is 2. The van der Waals surface area contributed by atoms with Crippen molar-refractivity contribution in [2.45, 2.75) is 12.6 Å². The minimum absolute atomic E-state index is 0.0293. The van der Waals surface area contributed by atoms with Crippen LogP contribution in [0.25, 0.3) is 0 Å². The summed E-state index contributed by atoms with van der Waals surface area (Å²) < 4.78 is 49.8. The van der Waals surface area contributed by atoms with E-state index in [9.17, 15) is 22.8 Å². The Bertz CT molecular complexity index is 930. The van der Waals surface area contributed by atoms with Crippen LogP contribution in [0.2, 0.25) is 0 Å². The number of alkyl halides is 3. The molecule has 29 heavy (non-hydrogen) atoms. The molecule has 1 aliphatic heterocycles. The number of ether oxygens (including phenoxy) is 2. The number of nitrogens with one attached hydrogen (secondary N) is 1. The van der Waals surface area contributed by atoms with Gasteiger partial charge in [0.1, 0.15) is 11.5 Å². The summed E-state index contributed by atoms with van der Waals surface area (Å²) in [4.78, 5) is 26.4. The Balaban J connectivity index is 1.79. The van der Waals surface area contributed by atoms with Crippen LogP contribution in [-0.4, -0.2) is 32.6 Å². The Morgan fingerprint density at radius 2 is 1.86 bits per heavy atom. The molecule has 2 amide bonds. The first-order chi connectivity index (χ1) is 13.7. The van der Waals surface area contributed by atoms with Crippen molar-refractivity contribution in [3.8, 4) is 11.5 Å². The maximum Gasteiger partial charge on any atom is 0.418 e. The van der Waals surface area contributed by atoms with Crippen molar-refractivity contribution in [3.63, 3.8) is 0 Å². The number of para-hydroxylation sites is 1. The van der Waals surface area contributed by atoms with Crippen LogP contribution in [0, 0.1) is 5.92 Å². The predicted octanol–water partition coefficient (Wildman–Crippen LogP) is 3.71. The van der Waals surface area contributed by atoms with E-state index in [1.54, 1.807) is 18.2 Å². The highest BCUT2D eigenvalue weighted by atomic mass is 19.4. The zero-order chi connectivity index (χ0) is 21.2. The van der Waals surface area contributed by atoms with Gasteiger partial charge in [-0.3, -0.25) is 9.59 Å². The molecule has 0 spiro atoms. The molecule has 1 saturated heterocycles. The molecule has 0 aliphatic carbocycles. The summed E-state index contributed by atoms with van der Waals surface area (Å²) in [6.45, 7) is 0.0293. The molecular weight excluding hydrogens is 389 g/mol. The van der Waals surface area contributed by atoms with Gasteiger partial charge < -0.3 is 19.7 Å². The van der Waals surface area contributed by atoms with E-state index < -0.39 is 23.6 Å². The lowest BCUT2D eigenvalue weighted by Gasteiger charge is -2.20. The number of anilines is 2. The Kier molecular flexibility index (Phi) is 5.67. The number of halogens is 3. The second-order valence-corrected chi connectivity index (χ2v) is 6.48. The van der Waals surface area contributed by atoms with E-state index in [2.05, 4.69) is 5.32 Å². The van der Waals surface area contributed by atoms with Crippen molar-refractivity contribution in [2.75, 3.05) is 31.0 Å². The number of benzene rings is 2. The standard InChI is InChI=1S/C20H19F3N2O4/c1-28-13-7-8-16(17(10-13)29-2)25-11-12(9-18(25)26)19(27)24-15-6-4-3-5-14(15)20(21,22)23/h3-8,10,12H,9,11H2,1-2H3,(H,24,27)/t12-/m0/s1. The van der Waals surface area contributed by atoms with Crippen molar-refractivity contribution in [3.05, 3.63) is 48.0 Å². The van der Waals surface area contributed by atoms with E-state index in [4.69, 9.17) is 9.47 Å². The molecule has 0 unspecified atom stereocenters. The molecule has 0 saturated carbocycles. The Hall–Kier alpha value is -3.23. The van der Waals surface area contributed by atoms with Gasteiger partial charge in [0.2, 0.25) is 11.8 Å². The third-order valence-corrected chi connectivity index (χ3v) is 4.66. The highest BCUT2D eigenvalue weighted by Crippen LogP contribution is 2.37. The van der Waals surface area contributed by atoms with E-state index in [-0.39, 0.29) is 24.6 Å². The third-order valence-electron chi connectivity index (χ3n) is 4.66. The maximum absolute atomic E-state index is 13.1. The Labute approximate surface area is 165 Å². The molecule has 9 heteroatoms. The zero-order valence-corrected chi connectivity index (χ0v) is 15.7. The van der Waals surface area contributed by atoms with E-state index in [1.165, 1.54) is 37.3 Å². The molecule has 2 aromatic rings. The quantitative estimate of drug-likeness (QED) is 0.819. The molecule has 1 atom stereocenters. The van der Waals surface area contributed by atoms with Crippen LogP contribution in [0.15, 0.2) is 42.5 Å².